The van der Waals surface area contributed by atoms with E-state index in [0.29, 0.717) is 0 Å². The Morgan fingerprint density at radius 3 is 3.00 bits per heavy atom. The minimum absolute atomic E-state index is 0.264. The predicted octanol–water partition coefficient (Wildman–Crippen LogP) is 3.48. The van der Waals surface area contributed by atoms with Crippen LogP contribution in [0, 0.1) is 5.92 Å². The molecule has 0 aromatic heterocycles. The van der Waals surface area contributed by atoms with E-state index in [1.807, 2.05) is 12.1 Å². The molecular formula is C15H22O2. The van der Waals surface area contributed by atoms with E-state index < -0.39 is 0 Å². The Balaban J connectivity index is 1.86. The molecule has 1 aliphatic carbocycles. The van der Waals surface area contributed by atoms with Gasteiger partial charge in [0.05, 0.1) is 12.7 Å². The molecule has 0 unspecified atom stereocenters. The molecule has 1 atom stereocenters. The van der Waals surface area contributed by atoms with E-state index >= 15 is 0 Å². The van der Waals surface area contributed by atoms with E-state index in [0.717, 1.165) is 43.1 Å². The van der Waals surface area contributed by atoms with Crippen LogP contribution in [0.25, 0.3) is 0 Å². The third-order valence-corrected chi connectivity index (χ3v) is 3.36. The molecule has 17 heavy (non-hydrogen) atoms. The van der Waals surface area contributed by atoms with Crippen molar-refractivity contribution >= 4 is 0 Å². The van der Waals surface area contributed by atoms with Crippen LogP contribution >= 0.6 is 0 Å². The third kappa shape index (κ3) is 3.22. The van der Waals surface area contributed by atoms with E-state index in [2.05, 4.69) is 19.9 Å². The first-order valence-electron chi connectivity index (χ1n) is 6.60. The lowest BCUT2D eigenvalue weighted by molar-refractivity contribution is 0.180. The number of hydrogen-bond donors (Lipinski definition) is 1. The van der Waals surface area contributed by atoms with Crippen LogP contribution in [0.2, 0.25) is 0 Å². The van der Waals surface area contributed by atoms with Crippen molar-refractivity contribution in [1.29, 1.82) is 0 Å². The van der Waals surface area contributed by atoms with Crippen LogP contribution in [0.3, 0.4) is 0 Å². The largest absolute Gasteiger partial charge is 0.494 e. The number of benzene rings is 1. The Morgan fingerprint density at radius 2 is 2.24 bits per heavy atom. The van der Waals surface area contributed by atoms with Gasteiger partial charge in [-0.3, -0.25) is 0 Å². The summed E-state index contributed by atoms with van der Waals surface area (Å²) in [6, 6.07) is 6.06. The highest BCUT2D eigenvalue weighted by molar-refractivity contribution is 5.39. The third-order valence-electron chi connectivity index (χ3n) is 3.36. The number of aryl methyl sites for hydroxylation is 1. The number of hydrogen-bond acceptors (Lipinski definition) is 2. The zero-order valence-corrected chi connectivity index (χ0v) is 10.8. The molecule has 0 fully saturated rings. The second-order valence-electron chi connectivity index (χ2n) is 5.30. The van der Waals surface area contributed by atoms with Gasteiger partial charge in [-0.15, -0.1) is 0 Å². The predicted molar refractivity (Wildman–Crippen MR) is 69.3 cm³/mol. The fourth-order valence-corrected chi connectivity index (χ4v) is 2.34. The molecule has 1 aromatic carbocycles. The van der Waals surface area contributed by atoms with Gasteiger partial charge in [-0.1, -0.05) is 19.9 Å². The van der Waals surface area contributed by atoms with Gasteiger partial charge in [0.25, 0.3) is 0 Å². The van der Waals surface area contributed by atoms with Gasteiger partial charge in [-0.05, 0) is 54.9 Å². The van der Waals surface area contributed by atoms with Crippen molar-refractivity contribution in [2.45, 2.75) is 45.6 Å². The minimum atomic E-state index is -0.264. The molecular weight excluding hydrogens is 212 g/mol. The van der Waals surface area contributed by atoms with E-state index in [1.165, 1.54) is 12.0 Å². The average Bonchev–Trinajstić information content (AvgIpc) is 2.66. The summed E-state index contributed by atoms with van der Waals surface area (Å²) in [4.78, 5) is 0. The van der Waals surface area contributed by atoms with Crippen LogP contribution in [0.5, 0.6) is 5.75 Å². The molecule has 0 spiro atoms. The highest BCUT2D eigenvalue weighted by Crippen LogP contribution is 2.33. The lowest BCUT2D eigenvalue weighted by Crippen LogP contribution is -2.00. The fourth-order valence-electron chi connectivity index (χ4n) is 2.34. The Hall–Kier alpha value is -1.02. The Morgan fingerprint density at radius 1 is 1.41 bits per heavy atom. The van der Waals surface area contributed by atoms with Crippen LogP contribution in [0.4, 0.5) is 0 Å². The minimum Gasteiger partial charge on any atom is -0.494 e. The van der Waals surface area contributed by atoms with Crippen molar-refractivity contribution in [3.8, 4) is 5.75 Å². The molecule has 2 nitrogen and oxygen atoms in total. The van der Waals surface area contributed by atoms with Gasteiger partial charge in [0.15, 0.2) is 0 Å². The summed E-state index contributed by atoms with van der Waals surface area (Å²) in [6.45, 7) is 5.26. The first-order valence-corrected chi connectivity index (χ1v) is 6.60. The summed E-state index contributed by atoms with van der Waals surface area (Å²) in [5.74, 6) is 1.69. The smallest absolute Gasteiger partial charge is 0.119 e. The standard InChI is InChI=1S/C15H22O2/c1-11(2)4-3-9-17-13-6-7-14-12(10-13)5-8-15(14)16/h6-7,10-11,15-16H,3-5,8-9H2,1-2H3/t15-/m0/s1. The monoisotopic (exact) mass is 234 g/mol. The maximum Gasteiger partial charge on any atom is 0.119 e. The SMILES string of the molecule is CC(C)CCCOc1ccc2c(c1)CC[C@@H]2O. The van der Waals surface area contributed by atoms with E-state index in [4.69, 9.17) is 4.74 Å². The van der Waals surface area contributed by atoms with Crippen LogP contribution in [-0.2, 0) is 6.42 Å². The fraction of sp³-hybridized carbons (Fsp3) is 0.600. The molecule has 1 aliphatic rings. The van der Waals surface area contributed by atoms with E-state index in [9.17, 15) is 5.11 Å². The molecule has 0 bridgehead atoms. The van der Waals surface area contributed by atoms with Crippen LogP contribution in [0.15, 0.2) is 18.2 Å². The van der Waals surface area contributed by atoms with E-state index in [-0.39, 0.29) is 6.10 Å². The van der Waals surface area contributed by atoms with Crippen molar-refractivity contribution < 1.29 is 9.84 Å². The van der Waals surface area contributed by atoms with Gasteiger partial charge < -0.3 is 9.84 Å². The van der Waals surface area contributed by atoms with E-state index in [1.54, 1.807) is 0 Å². The van der Waals surface area contributed by atoms with Crippen LogP contribution in [-0.4, -0.2) is 11.7 Å². The van der Waals surface area contributed by atoms with Gasteiger partial charge in [0.1, 0.15) is 5.75 Å². The molecule has 0 saturated carbocycles. The molecule has 0 saturated heterocycles. The Labute approximate surface area is 104 Å². The zero-order chi connectivity index (χ0) is 12.3. The van der Waals surface area contributed by atoms with Crippen molar-refractivity contribution in [3.63, 3.8) is 0 Å². The maximum atomic E-state index is 9.71. The molecule has 2 rings (SSSR count). The second kappa shape index (κ2) is 5.54. The highest BCUT2D eigenvalue weighted by Gasteiger charge is 2.20. The van der Waals surface area contributed by atoms with Crippen molar-refractivity contribution in [1.82, 2.24) is 0 Å². The van der Waals surface area contributed by atoms with Crippen molar-refractivity contribution in [2.24, 2.45) is 5.92 Å². The number of rotatable bonds is 5. The summed E-state index contributed by atoms with van der Waals surface area (Å²) in [5, 5.41) is 9.71. The second-order valence-corrected chi connectivity index (χ2v) is 5.30. The molecule has 0 aliphatic heterocycles. The summed E-state index contributed by atoms with van der Waals surface area (Å²) in [6.07, 6.45) is 3.88. The van der Waals surface area contributed by atoms with Gasteiger partial charge in [0.2, 0.25) is 0 Å². The normalized spacial score (nSPS) is 18.5. The average molecular weight is 234 g/mol. The van der Waals surface area contributed by atoms with Gasteiger partial charge in [0, 0.05) is 0 Å². The summed E-state index contributed by atoms with van der Waals surface area (Å²) in [5.41, 5.74) is 2.33. The number of fused-ring (bicyclic) bond motifs is 1. The Bertz CT molecular complexity index is 371. The lowest BCUT2D eigenvalue weighted by atomic mass is 10.1. The quantitative estimate of drug-likeness (QED) is 0.790. The van der Waals surface area contributed by atoms with Crippen LogP contribution < -0.4 is 4.74 Å². The molecule has 1 N–H and O–H groups in total. The molecule has 0 amide bonds. The lowest BCUT2D eigenvalue weighted by Gasteiger charge is -2.09. The summed E-state index contributed by atoms with van der Waals surface area (Å²) < 4.78 is 5.74. The summed E-state index contributed by atoms with van der Waals surface area (Å²) >= 11 is 0. The number of aliphatic hydroxyl groups excluding tert-OH is 1. The van der Waals surface area contributed by atoms with Crippen LogP contribution in [0.1, 0.15) is 50.3 Å². The van der Waals surface area contributed by atoms with Crippen molar-refractivity contribution in [2.75, 3.05) is 6.61 Å². The highest BCUT2D eigenvalue weighted by atomic mass is 16.5. The van der Waals surface area contributed by atoms with Gasteiger partial charge in [-0.25, -0.2) is 0 Å². The maximum absolute atomic E-state index is 9.71. The van der Waals surface area contributed by atoms with Gasteiger partial charge in [-0.2, -0.15) is 0 Å². The first-order chi connectivity index (χ1) is 8.16. The molecule has 2 heteroatoms. The molecule has 1 aromatic rings. The topological polar surface area (TPSA) is 29.5 Å². The summed E-state index contributed by atoms with van der Waals surface area (Å²) in [7, 11) is 0. The Kier molecular flexibility index (Phi) is 4.06. The van der Waals surface area contributed by atoms with Crippen molar-refractivity contribution in [3.05, 3.63) is 29.3 Å². The molecule has 0 heterocycles. The first kappa shape index (κ1) is 12.4. The number of ether oxygens (including phenoxy) is 1. The number of aliphatic hydroxyl groups is 1. The molecule has 94 valence electrons. The van der Waals surface area contributed by atoms with Gasteiger partial charge >= 0.3 is 0 Å². The molecule has 0 radical (unpaired) electrons. The zero-order valence-electron chi connectivity index (χ0n) is 10.8.